The topological polar surface area (TPSA) is 68.3 Å². The summed E-state index contributed by atoms with van der Waals surface area (Å²) in [7, 11) is 1.23. The maximum Gasteiger partial charge on any atom is 0.358 e. The lowest BCUT2D eigenvalue weighted by atomic mass is 10.2. The molecule has 0 atom stereocenters. The summed E-state index contributed by atoms with van der Waals surface area (Å²) in [4.78, 5) is 26.2. The number of ether oxygens (including phenoxy) is 1. The lowest BCUT2D eigenvalue weighted by Gasteiger charge is -2.09. The van der Waals surface area contributed by atoms with Gasteiger partial charge in [-0.3, -0.25) is 4.79 Å². The highest BCUT2D eigenvalue weighted by molar-refractivity contribution is 6.30. The number of halogens is 1. The van der Waals surface area contributed by atoms with E-state index in [2.05, 4.69) is 15.0 Å². The molecule has 0 aliphatic heterocycles. The molecule has 1 aromatic heterocycles. The zero-order chi connectivity index (χ0) is 12.3. The number of pyridine rings is 1. The van der Waals surface area contributed by atoms with E-state index in [0.29, 0.717) is 11.3 Å². The Hall–Kier alpha value is -1.62. The first-order valence-corrected chi connectivity index (χ1v) is 4.86. The summed E-state index contributed by atoms with van der Waals surface area (Å²) in [5.74, 6) is -0.945. The van der Waals surface area contributed by atoms with Crippen LogP contribution in [0.4, 0.5) is 5.69 Å². The number of rotatable bonds is 2. The molecule has 0 radical (unpaired) electrons. The summed E-state index contributed by atoms with van der Waals surface area (Å²) in [5, 5.41) is 2.70. The molecular formula is C10H11ClN2O3. The largest absolute Gasteiger partial charge is 0.464 e. The molecule has 6 heteroatoms. The number of nitrogens with one attached hydrogen (secondary N) is 1. The number of amides is 1. The Morgan fingerprint density at radius 3 is 2.62 bits per heavy atom. The van der Waals surface area contributed by atoms with Gasteiger partial charge in [0, 0.05) is 6.92 Å². The summed E-state index contributed by atoms with van der Waals surface area (Å²) in [6.07, 6.45) is 0. The third kappa shape index (κ3) is 2.70. The van der Waals surface area contributed by atoms with Crippen LogP contribution in [0, 0.1) is 6.92 Å². The summed E-state index contributed by atoms with van der Waals surface area (Å²) in [5.41, 5.74) is 0.951. The van der Waals surface area contributed by atoms with Gasteiger partial charge in [-0.15, -0.1) is 0 Å². The van der Waals surface area contributed by atoms with E-state index < -0.39 is 5.97 Å². The number of anilines is 1. The fraction of sp³-hybridized carbons (Fsp3) is 0.300. The van der Waals surface area contributed by atoms with Gasteiger partial charge in [-0.05, 0) is 18.6 Å². The van der Waals surface area contributed by atoms with E-state index in [4.69, 9.17) is 11.6 Å². The quantitative estimate of drug-likeness (QED) is 0.634. The van der Waals surface area contributed by atoms with Crippen molar-refractivity contribution in [3.05, 3.63) is 22.5 Å². The van der Waals surface area contributed by atoms with Crippen molar-refractivity contribution in [2.75, 3.05) is 12.4 Å². The van der Waals surface area contributed by atoms with Gasteiger partial charge in [0.25, 0.3) is 0 Å². The number of carbonyl (C=O) groups excluding carboxylic acids is 2. The van der Waals surface area contributed by atoms with E-state index in [1.54, 1.807) is 13.0 Å². The van der Waals surface area contributed by atoms with Gasteiger partial charge < -0.3 is 10.1 Å². The SMILES string of the molecule is COC(=O)c1nc(Cl)c(C)cc1NC(C)=O. The van der Waals surface area contributed by atoms with Crippen molar-refractivity contribution in [1.29, 1.82) is 0 Å². The molecule has 86 valence electrons. The number of hydrogen-bond donors (Lipinski definition) is 1. The van der Waals surface area contributed by atoms with E-state index >= 15 is 0 Å². The molecule has 0 bridgehead atoms. The summed E-state index contributed by atoms with van der Waals surface area (Å²) in [6.45, 7) is 3.06. The van der Waals surface area contributed by atoms with Crippen LogP contribution in [0.5, 0.6) is 0 Å². The molecule has 16 heavy (non-hydrogen) atoms. The van der Waals surface area contributed by atoms with Crippen LogP contribution < -0.4 is 5.32 Å². The van der Waals surface area contributed by atoms with E-state index in [1.165, 1.54) is 14.0 Å². The molecule has 0 aliphatic rings. The summed E-state index contributed by atoms with van der Waals surface area (Å²) in [6, 6.07) is 1.57. The molecule has 5 nitrogen and oxygen atoms in total. The van der Waals surface area contributed by atoms with Crippen molar-refractivity contribution in [2.45, 2.75) is 13.8 Å². The predicted molar refractivity (Wildman–Crippen MR) is 59.6 cm³/mol. The fourth-order valence-corrected chi connectivity index (χ4v) is 1.27. The fourth-order valence-electron chi connectivity index (χ4n) is 1.13. The number of nitrogens with zero attached hydrogens (tertiary/aromatic N) is 1. The Bertz CT molecular complexity index is 446. The number of aromatic nitrogens is 1. The monoisotopic (exact) mass is 242 g/mol. The second kappa shape index (κ2) is 4.94. The van der Waals surface area contributed by atoms with Crippen LogP contribution in [0.25, 0.3) is 0 Å². The Morgan fingerprint density at radius 2 is 2.12 bits per heavy atom. The highest BCUT2D eigenvalue weighted by atomic mass is 35.5. The lowest BCUT2D eigenvalue weighted by Crippen LogP contribution is -2.14. The van der Waals surface area contributed by atoms with E-state index in [0.717, 1.165) is 0 Å². The molecule has 1 N–H and O–H groups in total. The molecule has 0 aliphatic carbocycles. The van der Waals surface area contributed by atoms with Crippen LogP contribution in [0.1, 0.15) is 23.0 Å². The molecule has 0 unspecified atom stereocenters. The number of methoxy groups -OCH3 is 1. The smallest absolute Gasteiger partial charge is 0.358 e. The number of carbonyl (C=O) groups is 2. The van der Waals surface area contributed by atoms with Gasteiger partial charge in [-0.25, -0.2) is 9.78 Å². The molecule has 1 aromatic rings. The van der Waals surface area contributed by atoms with Crippen LogP contribution in [-0.2, 0) is 9.53 Å². The zero-order valence-corrected chi connectivity index (χ0v) is 9.88. The predicted octanol–water partition coefficient (Wildman–Crippen LogP) is 1.79. The van der Waals surface area contributed by atoms with Gasteiger partial charge >= 0.3 is 5.97 Å². The van der Waals surface area contributed by atoms with Crippen LogP contribution >= 0.6 is 11.6 Å². The molecule has 0 fully saturated rings. The third-order valence-electron chi connectivity index (χ3n) is 1.84. The standard InChI is InChI=1S/C10H11ClN2O3/c1-5-4-7(12-6(2)14)8(10(15)16-3)13-9(5)11/h4H,1-3H3,(H,12,14). The Labute approximate surface area is 97.8 Å². The molecule has 0 saturated carbocycles. The van der Waals surface area contributed by atoms with Crippen molar-refractivity contribution in [3.63, 3.8) is 0 Å². The second-order valence-electron chi connectivity index (χ2n) is 3.17. The highest BCUT2D eigenvalue weighted by Gasteiger charge is 2.16. The van der Waals surface area contributed by atoms with Gasteiger partial charge in [0.1, 0.15) is 5.15 Å². The van der Waals surface area contributed by atoms with Gasteiger partial charge in [-0.1, -0.05) is 11.6 Å². The second-order valence-corrected chi connectivity index (χ2v) is 3.52. The van der Waals surface area contributed by atoms with Gasteiger partial charge in [0.2, 0.25) is 5.91 Å². The van der Waals surface area contributed by atoms with Crippen molar-refractivity contribution >= 4 is 29.2 Å². The van der Waals surface area contributed by atoms with Crippen molar-refractivity contribution in [1.82, 2.24) is 4.98 Å². The molecular weight excluding hydrogens is 232 g/mol. The van der Waals surface area contributed by atoms with Crippen molar-refractivity contribution in [2.24, 2.45) is 0 Å². The number of aryl methyl sites for hydroxylation is 1. The maximum absolute atomic E-state index is 11.4. The maximum atomic E-state index is 11.4. The van der Waals surface area contributed by atoms with Crippen molar-refractivity contribution in [3.8, 4) is 0 Å². The Balaban J connectivity index is 3.27. The highest BCUT2D eigenvalue weighted by Crippen LogP contribution is 2.21. The van der Waals surface area contributed by atoms with E-state index in [1.807, 2.05) is 0 Å². The Kier molecular flexibility index (Phi) is 3.84. The van der Waals surface area contributed by atoms with Crippen LogP contribution in [0.15, 0.2) is 6.07 Å². The summed E-state index contributed by atoms with van der Waals surface area (Å²) < 4.78 is 4.54. The van der Waals surface area contributed by atoms with Crippen LogP contribution in [0.2, 0.25) is 5.15 Å². The first kappa shape index (κ1) is 12.4. The van der Waals surface area contributed by atoms with Gasteiger partial charge in [0.15, 0.2) is 5.69 Å². The van der Waals surface area contributed by atoms with Gasteiger partial charge in [0.05, 0.1) is 12.8 Å². The van der Waals surface area contributed by atoms with Gasteiger partial charge in [-0.2, -0.15) is 0 Å². The summed E-state index contributed by atoms with van der Waals surface area (Å²) >= 11 is 5.79. The number of hydrogen-bond acceptors (Lipinski definition) is 4. The minimum absolute atomic E-state index is 0.00620. The zero-order valence-electron chi connectivity index (χ0n) is 9.13. The average Bonchev–Trinajstić information content (AvgIpc) is 2.21. The number of esters is 1. The van der Waals surface area contributed by atoms with Crippen molar-refractivity contribution < 1.29 is 14.3 Å². The minimum atomic E-state index is -0.648. The lowest BCUT2D eigenvalue weighted by molar-refractivity contribution is -0.114. The molecule has 1 rings (SSSR count). The Morgan fingerprint density at radius 1 is 1.50 bits per heavy atom. The van der Waals surface area contributed by atoms with E-state index in [9.17, 15) is 9.59 Å². The molecule has 1 amide bonds. The third-order valence-corrected chi connectivity index (χ3v) is 2.22. The van der Waals surface area contributed by atoms with E-state index in [-0.39, 0.29) is 16.8 Å². The molecule has 0 aromatic carbocycles. The molecule has 0 saturated heterocycles. The average molecular weight is 243 g/mol. The first-order valence-electron chi connectivity index (χ1n) is 4.48. The molecule has 0 spiro atoms. The molecule has 1 heterocycles. The minimum Gasteiger partial charge on any atom is -0.464 e. The normalized spacial score (nSPS) is 9.75. The first-order chi connectivity index (χ1) is 7.45. The van der Waals surface area contributed by atoms with Crippen LogP contribution in [-0.4, -0.2) is 24.0 Å². The van der Waals surface area contributed by atoms with Crippen LogP contribution in [0.3, 0.4) is 0 Å².